The van der Waals surface area contributed by atoms with E-state index in [4.69, 9.17) is 9.84 Å². The summed E-state index contributed by atoms with van der Waals surface area (Å²) in [5, 5.41) is 14.6. The predicted octanol–water partition coefficient (Wildman–Crippen LogP) is 5.55. The van der Waals surface area contributed by atoms with Gasteiger partial charge in [0, 0.05) is 18.5 Å². The molecule has 0 bridgehead atoms. The SMILES string of the molecule is CN1CCCCC1OC(=O)Nc1cc(CCC(=O)Nc2ccc(CO)cc2F)ccc1-c1ccccc1. The molecule has 0 aromatic heterocycles. The number of aryl methyl sites for hydroxylation is 1. The van der Waals surface area contributed by atoms with E-state index < -0.39 is 11.9 Å². The lowest BCUT2D eigenvalue weighted by Crippen LogP contribution is -2.40. The summed E-state index contributed by atoms with van der Waals surface area (Å²) >= 11 is 0. The van der Waals surface area contributed by atoms with Gasteiger partial charge in [-0.15, -0.1) is 0 Å². The van der Waals surface area contributed by atoms with Crippen LogP contribution in [0.2, 0.25) is 0 Å². The second-order valence-corrected chi connectivity index (χ2v) is 9.23. The minimum Gasteiger partial charge on any atom is -0.430 e. The first-order chi connectivity index (χ1) is 17.9. The van der Waals surface area contributed by atoms with Crippen LogP contribution in [-0.2, 0) is 22.6 Å². The van der Waals surface area contributed by atoms with Crippen molar-refractivity contribution in [2.75, 3.05) is 24.2 Å². The molecule has 194 valence electrons. The molecule has 1 saturated heterocycles. The van der Waals surface area contributed by atoms with Gasteiger partial charge in [0.2, 0.25) is 5.91 Å². The van der Waals surface area contributed by atoms with Gasteiger partial charge >= 0.3 is 6.09 Å². The van der Waals surface area contributed by atoms with Crippen LogP contribution in [0.25, 0.3) is 11.1 Å². The third-order valence-electron chi connectivity index (χ3n) is 6.48. The first-order valence-electron chi connectivity index (χ1n) is 12.5. The number of ether oxygens (including phenoxy) is 1. The van der Waals surface area contributed by atoms with Gasteiger partial charge in [0.15, 0.2) is 6.23 Å². The number of aliphatic hydroxyl groups is 1. The van der Waals surface area contributed by atoms with E-state index in [9.17, 15) is 14.0 Å². The average molecular weight is 506 g/mol. The molecule has 3 N–H and O–H groups in total. The van der Waals surface area contributed by atoms with E-state index in [0.29, 0.717) is 17.7 Å². The summed E-state index contributed by atoms with van der Waals surface area (Å²) in [6.45, 7) is 0.617. The maximum atomic E-state index is 14.2. The molecule has 1 unspecified atom stereocenters. The van der Waals surface area contributed by atoms with Crippen molar-refractivity contribution < 1.29 is 23.8 Å². The van der Waals surface area contributed by atoms with Gasteiger partial charge in [-0.05, 0) is 67.6 Å². The van der Waals surface area contributed by atoms with Crippen molar-refractivity contribution in [2.24, 2.45) is 0 Å². The topological polar surface area (TPSA) is 90.9 Å². The number of piperidine rings is 1. The number of carbonyl (C=O) groups excluding carboxylic acids is 2. The number of aliphatic hydroxyl groups excluding tert-OH is 1. The molecule has 1 aliphatic rings. The Balaban J connectivity index is 1.45. The Labute approximate surface area is 216 Å². The Morgan fingerprint density at radius 2 is 1.78 bits per heavy atom. The Hall–Kier alpha value is -3.75. The maximum Gasteiger partial charge on any atom is 0.413 e. The van der Waals surface area contributed by atoms with Gasteiger partial charge in [-0.2, -0.15) is 0 Å². The number of halogens is 1. The van der Waals surface area contributed by atoms with Crippen LogP contribution in [0, 0.1) is 5.82 Å². The molecule has 3 aromatic carbocycles. The number of hydrogen-bond acceptors (Lipinski definition) is 5. The summed E-state index contributed by atoms with van der Waals surface area (Å²) in [6.07, 6.45) is 2.65. The fourth-order valence-electron chi connectivity index (χ4n) is 4.41. The number of benzene rings is 3. The second kappa shape index (κ2) is 12.5. The Bertz CT molecular complexity index is 1240. The van der Waals surface area contributed by atoms with Gasteiger partial charge in [-0.1, -0.05) is 48.5 Å². The van der Waals surface area contributed by atoms with Gasteiger partial charge in [-0.25, -0.2) is 9.18 Å². The minimum absolute atomic E-state index is 0.0689. The van der Waals surface area contributed by atoms with Gasteiger partial charge in [0.25, 0.3) is 0 Å². The zero-order chi connectivity index (χ0) is 26.2. The molecule has 1 aliphatic heterocycles. The smallest absolute Gasteiger partial charge is 0.413 e. The average Bonchev–Trinajstić information content (AvgIpc) is 2.90. The first kappa shape index (κ1) is 26.3. The molecule has 37 heavy (non-hydrogen) atoms. The lowest BCUT2D eigenvalue weighted by atomic mass is 9.99. The number of anilines is 2. The molecular formula is C29H32FN3O4. The van der Waals surface area contributed by atoms with E-state index >= 15 is 0 Å². The largest absolute Gasteiger partial charge is 0.430 e. The number of nitrogens with one attached hydrogen (secondary N) is 2. The minimum atomic E-state index is -0.597. The molecule has 1 fully saturated rings. The van der Waals surface area contributed by atoms with E-state index in [-0.39, 0.29) is 30.9 Å². The normalized spacial score (nSPS) is 15.7. The van der Waals surface area contributed by atoms with Crippen LogP contribution in [0.4, 0.5) is 20.6 Å². The van der Waals surface area contributed by atoms with Crippen LogP contribution >= 0.6 is 0 Å². The number of rotatable bonds is 8. The highest BCUT2D eigenvalue weighted by atomic mass is 19.1. The van der Waals surface area contributed by atoms with Crippen molar-refractivity contribution in [3.05, 3.63) is 83.7 Å². The summed E-state index contributed by atoms with van der Waals surface area (Å²) in [5.74, 6) is -0.933. The molecular weight excluding hydrogens is 473 g/mol. The van der Waals surface area contributed by atoms with Crippen molar-refractivity contribution in [3.8, 4) is 11.1 Å². The third-order valence-corrected chi connectivity index (χ3v) is 6.48. The van der Waals surface area contributed by atoms with E-state index in [1.807, 2.05) is 60.5 Å². The summed E-state index contributed by atoms with van der Waals surface area (Å²) in [4.78, 5) is 27.3. The molecule has 2 amide bonds. The summed E-state index contributed by atoms with van der Waals surface area (Å²) in [6, 6.07) is 19.6. The van der Waals surface area contributed by atoms with Crippen LogP contribution in [0.1, 0.15) is 36.8 Å². The quantitative estimate of drug-likeness (QED) is 0.374. The van der Waals surface area contributed by atoms with Gasteiger partial charge in [0.05, 0.1) is 18.0 Å². The second-order valence-electron chi connectivity index (χ2n) is 9.23. The summed E-state index contributed by atoms with van der Waals surface area (Å²) < 4.78 is 19.8. The molecule has 4 rings (SSSR count). The molecule has 1 atom stereocenters. The highest BCUT2D eigenvalue weighted by molar-refractivity contribution is 5.92. The fraction of sp³-hybridized carbons (Fsp3) is 0.310. The van der Waals surface area contributed by atoms with E-state index in [2.05, 4.69) is 10.6 Å². The Morgan fingerprint density at radius 1 is 1.00 bits per heavy atom. The maximum absolute atomic E-state index is 14.2. The standard InChI is InChI=1S/C29H32FN3O4/c1-33-16-6-5-9-28(33)37-29(36)32-26-18-20(10-13-23(26)22-7-3-2-4-8-22)12-15-27(35)31-25-14-11-21(19-34)17-24(25)30/h2-4,7-8,10-11,13-14,17-18,28,34H,5-6,9,12,15-16,19H2,1H3,(H,31,35)(H,32,36). The fourth-order valence-corrected chi connectivity index (χ4v) is 4.41. The molecule has 1 heterocycles. The monoisotopic (exact) mass is 505 g/mol. The van der Waals surface area contributed by atoms with Crippen molar-refractivity contribution in [1.29, 1.82) is 0 Å². The molecule has 8 heteroatoms. The number of hydrogen-bond donors (Lipinski definition) is 3. The Kier molecular flexibility index (Phi) is 8.87. The highest BCUT2D eigenvalue weighted by Crippen LogP contribution is 2.30. The van der Waals surface area contributed by atoms with Gasteiger partial charge in [-0.3, -0.25) is 15.0 Å². The highest BCUT2D eigenvalue weighted by Gasteiger charge is 2.23. The van der Waals surface area contributed by atoms with Crippen LogP contribution in [0.5, 0.6) is 0 Å². The Morgan fingerprint density at radius 3 is 2.51 bits per heavy atom. The van der Waals surface area contributed by atoms with Crippen LogP contribution in [0.3, 0.4) is 0 Å². The number of amides is 2. The lowest BCUT2D eigenvalue weighted by molar-refractivity contribution is -0.116. The van der Waals surface area contributed by atoms with Crippen LogP contribution in [0.15, 0.2) is 66.7 Å². The van der Waals surface area contributed by atoms with Gasteiger partial charge < -0.3 is 15.2 Å². The van der Waals surface area contributed by atoms with E-state index in [1.54, 1.807) is 6.07 Å². The molecule has 0 radical (unpaired) electrons. The van der Waals surface area contributed by atoms with Gasteiger partial charge in [0.1, 0.15) is 5.82 Å². The van der Waals surface area contributed by atoms with E-state index in [1.165, 1.54) is 12.1 Å². The van der Waals surface area contributed by atoms with Crippen molar-refractivity contribution >= 4 is 23.4 Å². The zero-order valence-electron chi connectivity index (χ0n) is 20.9. The predicted molar refractivity (Wildman–Crippen MR) is 142 cm³/mol. The molecule has 0 saturated carbocycles. The number of carbonyl (C=O) groups is 2. The van der Waals surface area contributed by atoms with Crippen molar-refractivity contribution in [2.45, 2.75) is 44.9 Å². The number of likely N-dealkylation sites (tertiary alicyclic amines) is 1. The molecule has 3 aromatic rings. The first-order valence-corrected chi connectivity index (χ1v) is 12.5. The third kappa shape index (κ3) is 7.15. The summed E-state index contributed by atoms with van der Waals surface area (Å²) in [5.41, 5.74) is 3.73. The van der Waals surface area contributed by atoms with Crippen molar-refractivity contribution in [3.63, 3.8) is 0 Å². The van der Waals surface area contributed by atoms with Crippen molar-refractivity contribution in [1.82, 2.24) is 4.90 Å². The van der Waals surface area contributed by atoms with Crippen LogP contribution in [-0.4, -0.2) is 41.8 Å². The number of nitrogens with zero attached hydrogens (tertiary/aromatic N) is 1. The molecule has 0 aliphatic carbocycles. The molecule has 7 nitrogen and oxygen atoms in total. The molecule has 0 spiro atoms. The summed E-state index contributed by atoms with van der Waals surface area (Å²) in [7, 11) is 1.95. The zero-order valence-corrected chi connectivity index (χ0v) is 20.9. The lowest BCUT2D eigenvalue weighted by Gasteiger charge is -2.31. The van der Waals surface area contributed by atoms with E-state index in [0.717, 1.165) is 42.5 Å². The van der Waals surface area contributed by atoms with Crippen LogP contribution < -0.4 is 10.6 Å².